The van der Waals surface area contributed by atoms with E-state index >= 15 is 0 Å². The monoisotopic (exact) mass is 393 g/mol. The number of nitrogens with one attached hydrogen (secondary N) is 1. The van der Waals surface area contributed by atoms with Crippen LogP contribution in [0, 0.1) is 6.92 Å². The molecule has 0 aliphatic heterocycles. The van der Waals surface area contributed by atoms with Gasteiger partial charge in [-0.3, -0.25) is 9.59 Å². The molecule has 138 valence electrons. The molecule has 26 heavy (non-hydrogen) atoms. The number of aryl methyl sites for hydroxylation is 1. The summed E-state index contributed by atoms with van der Waals surface area (Å²) in [7, 11) is 3.06. The van der Waals surface area contributed by atoms with Crippen LogP contribution in [0.25, 0.3) is 0 Å². The molecule has 1 N–H and O–H groups in total. The first kappa shape index (κ1) is 20.1. The molecule has 0 atom stereocenters. The van der Waals surface area contributed by atoms with E-state index in [0.717, 1.165) is 5.56 Å². The molecule has 0 aromatic heterocycles. The number of thioether (sulfide) groups is 1. The molecule has 0 saturated heterocycles. The van der Waals surface area contributed by atoms with Gasteiger partial charge in [0.25, 0.3) is 0 Å². The lowest BCUT2D eigenvalue weighted by atomic mass is 10.1. The number of amides is 1. The third-order valence-corrected chi connectivity index (χ3v) is 4.95. The highest BCUT2D eigenvalue weighted by Gasteiger charge is 2.12. The van der Waals surface area contributed by atoms with Crippen LogP contribution < -0.4 is 14.8 Å². The van der Waals surface area contributed by atoms with E-state index in [0.29, 0.717) is 27.8 Å². The van der Waals surface area contributed by atoms with Gasteiger partial charge in [0.05, 0.1) is 31.4 Å². The first-order valence-electron chi connectivity index (χ1n) is 7.83. The Balaban J connectivity index is 1.89. The standard InChI is InChI=1S/C19H20ClNO4S/c1-12-7-16(18(25-3)9-15(12)20)21-19(23)11-26-10-17(22)13-5-4-6-14(8-13)24-2/h4-9H,10-11H2,1-3H3,(H,21,23). The summed E-state index contributed by atoms with van der Waals surface area (Å²) in [6.45, 7) is 1.85. The summed E-state index contributed by atoms with van der Waals surface area (Å²) in [5.74, 6) is 1.21. The van der Waals surface area contributed by atoms with Crippen molar-refractivity contribution in [3.8, 4) is 11.5 Å². The predicted molar refractivity (Wildman–Crippen MR) is 106 cm³/mol. The van der Waals surface area contributed by atoms with Crippen LogP contribution in [0.5, 0.6) is 11.5 Å². The van der Waals surface area contributed by atoms with Crippen molar-refractivity contribution < 1.29 is 19.1 Å². The molecule has 2 aromatic rings. The number of rotatable bonds is 8. The average molecular weight is 394 g/mol. The van der Waals surface area contributed by atoms with Crippen LogP contribution in [0.2, 0.25) is 5.02 Å². The van der Waals surface area contributed by atoms with Gasteiger partial charge in [-0.15, -0.1) is 11.8 Å². The Morgan fingerprint density at radius 2 is 1.88 bits per heavy atom. The Morgan fingerprint density at radius 3 is 2.58 bits per heavy atom. The highest BCUT2D eigenvalue weighted by molar-refractivity contribution is 8.00. The number of ether oxygens (including phenoxy) is 2. The van der Waals surface area contributed by atoms with Crippen LogP contribution >= 0.6 is 23.4 Å². The molecule has 2 rings (SSSR count). The minimum Gasteiger partial charge on any atom is -0.497 e. The molecule has 0 bridgehead atoms. The van der Waals surface area contributed by atoms with Gasteiger partial charge in [0.1, 0.15) is 11.5 Å². The number of benzene rings is 2. The Hall–Kier alpha value is -2.18. The second kappa shape index (κ2) is 9.50. The maximum absolute atomic E-state index is 12.2. The van der Waals surface area contributed by atoms with Gasteiger partial charge in [-0.2, -0.15) is 0 Å². The van der Waals surface area contributed by atoms with E-state index in [-0.39, 0.29) is 23.2 Å². The van der Waals surface area contributed by atoms with Gasteiger partial charge >= 0.3 is 0 Å². The minimum absolute atomic E-state index is 0.0541. The summed E-state index contributed by atoms with van der Waals surface area (Å²) in [4.78, 5) is 24.3. The lowest BCUT2D eigenvalue weighted by Crippen LogP contribution is -2.16. The number of Topliss-reactive ketones (excluding diaryl/α,β-unsaturated/α-hetero) is 1. The number of hydrogen-bond donors (Lipinski definition) is 1. The van der Waals surface area contributed by atoms with E-state index < -0.39 is 0 Å². The van der Waals surface area contributed by atoms with Crippen molar-refractivity contribution in [2.24, 2.45) is 0 Å². The van der Waals surface area contributed by atoms with E-state index in [4.69, 9.17) is 21.1 Å². The summed E-state index contributed by atoms with van der Waals surface area (Å²) < 4.78 is 10.3. The fourth-order valence-corrected chi connectivity index (χ4v) is 3.10. The quantitative estimate of drug-likeness (QED) is 0.680. The lowest BCUT2D eigenvalue weighted by molar-refractivity contribution is -0.113. The minimum atomic E-state index is -0.214. The largest absolute Gasteiger partial charge is 0.497 e. The van der Waals surface area contributed by atoms with Gasteiger partial charge in [-0.25, -0.2) is 0 Å². The molecule has 2 aromatic carbocycles. The van der Waals surface area contributed by atoms with Crippen LogP contribution in [0.15, 0.2) is 36.4 Å². The predicted octanol–water partition coefficient (Wildman–Crippen LogP) is 4.22. The van der Waals surface area contributed by atoms with Crippen LogP contribution in [0.1, 0.15) is 15.9 Å². The van der Waals surface area contributed by atoms with E-state index in [2.05, 4.69) is 5.32 Å². The summed E-state index contributed by atoms with van der Waals surface area (Å²) in [6, 6.07) is 10.4. The van der Waals surface area contributed by atoms with Crippen LogP contribution in [-0.4, -0.2) is 37.4 Å². The second-order valence-corrected chi connectivity index (χ2v) is 6.89. The Morgan fingerprint density at radius 1 is 1.12 bits per heavy atom. The van der Waals surface area contributed by atoms with Crippen LogP contribution in [0.3, 0.4) is 0 Å². The molecular formula is C19H20ClNO4S. The number of ketones is 1. The van der Waals surface area contributed by atoms with Gasteiger partial charge in [0.15, 0.2) is 5.78 Å². The average Bonchev–Trinajstić information content (AvgIpc) is 2.64. The second-order valence-electron chi connectivity index (χ2n) is 5.50. The smallest absolute Gasteiger partial charge is 0.234 e. The molecule has 7 heteroatoms. The van der Waals surface area contributed by atoms with E-state index in [9.17, 15) is 9.59 Å². The topological polar surface area (TPSA) is 64.6 Å². The molecule has 0 aliphatic rings. The number of methoxy groups -OCH3 is 2. The Kier molecular flexibility index (Phi) is 7.36. The van der Waals surface area contributed by atoms with Crippen molar-refractivity contribution in [2.45, 2.75) is 6.92 Å². The summed E-state index contributed by atoms with van der Waals surface area (Å²) in [5, 5.41) is 3.35. The molecule has 0 saturated carbocycles. The van der Waals surface area contributed by atoms with Gasteiger partial charge in [-0.05, 0) is 30.7 Å². The Bertz CT molecular complexity index is 810. The zero-order chi connectivity index (χ0) is 19.1. The first-order chi connectivity index (χ1) is 12.4. The van der Waals surface area contributed by atoms with E-state index in [1.165, 1.54) is 18.9 Å². The van der Waals surface area contributed by atoms with Gasteiger partial charge in [-0.1, -0.05) is 23.7 Å². The zero-order valence-corrected chi connectivity index (χ0v) is 16.4. The van der Waals surface area contributed by atoms with E-state index in [1.54, 1.807) is 43.5 Å². The van der Waals surface area contributed by atoms with Crippen molar-refractivity contribution in [2.75, 3.05) is 31.0 Å². The fourth-order valence-electron chi connectivity index (χ4n) is 2.23. The number of halogens is 1. The van der Waals surface area contributed by atoms with Crippen LogP contribution in [0.4, 0.5) is 5.69 Å². The maximum atomic E-state index is 12.2. The van der Waals surface area contributed by atoms with E-state index in [1.807, 2.05) is 6.92 Å². The molecule has 5 nitrogen and oxygen atoms in total. The number of carbonyl (C=O) groups excluding carboxylic acids is 2. The van der Waals surface area contributed by atoms with Gasteiger partial charge in [0.2, 0.25) is 5.91 Å². The van der Waals surface area contributed by atoms with Crippen molar-refractivity contribution in [1.82, 2.24) is 0 Å². The van der Waals surface area contributed by atoms with Crippen molar-refractivity contribution in [3.63, 3.8) is 0 Å². The van der Waals surface area contributed by atoms with Gasteiger partial charge < -0.3 is 14.8 Å². The molecule has 0 spiro atoms. The third-order valence-electron chi connectivity index (χ3n) is 3.61. The van der Waals surface area contributed by atoms with Crippen molar-refractivity contribution in [3.05, 3.63) is 52.5 Å². The first-order valence-corrected chi connectivity index (χ1v) is 9.37. The summed E-state index contributed by atoms with van der Waals surface area (Å²) in [5.41, 5.74) is 1.95. The highest BCUT2D eigenvalue weighted by Crippen LogP contribution is 2.31. The molecule has 0 heterocycles. The molecule has 0 radical (unpaired) electrons. The zero-order valence-electron chi connectivity index (χ0n) is 14.8. The third kappa shape index (κ3) is 5.41. The number of hydrogen-bond acceptors (Lipinski definition) is 5. The summed E-state index contributed by atoms with van der Waals surface area (Å²) in [6.07, 6.45) is 0. The SMILES string of the molecule is COc1cccc(C(=O)CSCC(=O)Nc2cc(C)c(Cl)cc2OC)c1. The molecule has 1 amide bonds. The number of carbonyl (C=O) groups is 2. The summed E-state index contributed by atoms with van der Waals surface area (Å²) >= 11 is 7.30. The molecule has 0 fully saturated rings. The lowest BCUT2D eigenvalue weighted by Gasteiger charge is -2.12. The Labute approximate surface area is 162 Å². The molecular weight excluding hydrogens is 374 g/mol. The highest BCUT2D eigenvalue weighted by atomic mass is 35.5. The van der Waals surface area contributed by atoms with Crippen LogP contribution in [-0.2, 0) is 4.79 Å². The van der Waals surface area contributed by atoms with Gasteiger partial charge in [0, 0.05) is 16.7 Å². The fraction of sp³-hybridized carbons (Fsp3) is 0.263. The van der Waals surface area contributed by atoms with Crippen molar-refractivity contribution in [1.29, 1.82) is 0 Å². The molecule has 0 unspecified atom stereocenters. The number of anilines is 1. The molecule has 0 aliphatic carbocycles. The normalized spacial score (nSPS) is 10.3. The van der Waals surface area contributed by atoms with Crippen molar-refractivity contribution >= 4 is 40.7 Å². The maximum Gasteiger partial charge on any atom is 0.234 e.